The highest BCUT2D eigenvalue weighted by atomic mass is 28.3. The first kappa shape index (κ1) is 32.3. The van der Waals surface area contributed by atoms with Crippen LogP contribution in [0.5, 0.6) is 5.75 Å². The molecule has 8 nitrogen and oxygen atoms in total. The number of ether oxygens (including phenoxy) is 3. The van der Waals surface area contributed by atoms with Gasteiger partial charge in [-0.1, -0.05) is 79.8 Å². The quantitative estimate of drug-likeness (QED) is 0.246. The molecule has 0 radical (unpaired) electrons. The minimum Gasteiger partial charge on any atom is -0.497 e. The number of rotatable bonds is 7. The first-order chi connectivity index (χ1) is 21.2. The van der Waals surface area contributed by atoms with E-state index >= 15 is 0 Å². The van der Waals surface area contributed by atoms with Gasteiger partial charge in [0.15, 0.2) is 5.54 Å². The molecule has 0 aliphatic carbocycles. The summed E-state index contributed by atoms with van der Waals surface area (Å²) in [7, 11) is 0.437. The third kappa shape index (κ3) is 5.74. The third-order valence-corrected chi connectivity index (χ3v) is 13.9. The van der Waals surface area contributed by atoms with Crippen molar-refractivity contribution in [3.05, 3.63) is 89.5 Å². The number of anilines is 1. The van der Waals surface area contributed by atoms with Gasteiger partial charge in [-0.05, 0) is 68.0 Å². The van der Waals surface area contributed by atoms with E-state index in [1.165, 1.54) is 7.11 Å². The molecule has 0 bridgehead atoms. The van der Waals surface area contributed by atoms with E-state index < -0.39 is 37.3 Å². The van der Waals surface area contributed by atoms with Crippen LogP contribution in [-0.2, 0) is 31.0 Å². The van der Waals surface area contributed by atoms with Crippen LogP contribution in [0.15, 0.2) is 72.8 Å². The number of nitrogens with zero attached hydrogens (tertiary/aromatic N) is 1. The van der Waals surface area contributed by atoms with Crippen LogP contribution in [0.3, 0.4) is 0 Å². The molecule has 2 aliphatic rings. The predicted octanol–water partition coefficient (Wildman–Crippen LogP) is 6.24. The van der Waals surface area contributed by atoms with Crippen molar-refractivity contribution < 1.29 is 28.6 Å². The predicted molar refractivity (Wildman–Crippen MR) is 178 cm³/mol. The molecule has 0 saturated carbocycles. The van der Waals surface area contributed by atoms with Gasteiger partial charge in [-0.25, -0.2) is 4.79 Å². The molecular formula is C36H44N2O6Si. The summed E-state index contributed by atoms with van der Waals surface area (Å²) in [6.45, 7) is 12.0. The van der Waals surface area contributed by atoms with Gasteiger partial charge >= 0.3 is 12.1 Å². The fourth-order valence-corrected chi connectivity index (χ4v) is 11.7. The van der Waals surface area contributed by atoms with E-state index in [-0.39, 0.29) is 23.8 Å². The number of benzene rings is 3. The maximum Gasteiger partial charge on any atom is 0.411 e. The van der Waals surface area contributed by atoms with E-state index in [9.17, 15) is 14.4 Å². The molecule has 238 valence electrons. The van der Waals surface area contributed by atoms with Crippen LogP contribution in [0.1, 0.15) is 50.8 Å². The van der Waals surface area contributed by atoms with Gasteiger partial charge < -0.3 is 19.5 Å². The number of carbonyl (C=O) groups excluding carboxylic acids is 3. The van der Waals surface area contributed by atoms with Crippen LogP contribution in [0.25, 0.3) is 0 Å². The molecule has 1 fully saturated rings. The largest absolute Gasteiger partial charge is 0.497 e. The summed E-state index contributed by atoms with van der Waals surface area (Å²) in [6, 6.07) is 23.5. The smallest absolute Gasteiger partial charge is 0.411 e. The van der Waals surface area contributed by atoms with Gasteiger partial charge in [0, 0.05) is 17.3 Å². The summed E-state index contributed by atoms with van der Waals surface area (Å²) in [4.78, 5) is 43.7. The topological polar surface area (TPSA) is 94.2 Å². The van der Waals surface area contributed by atoms with Gasteiger partial charge in [0.25, 0.3) is 5.91 Å². The number of hydrogen-bond acceptors (Lipinski definition) is 6. The van der Waals surface area contributed by atoms with Gasteiger partial charge in [0.05, 0.1) is 28.7 Å². The van der Waals surface area contributed by atoms with Crippen molar-refractivity contribution in [3.8, 4) is 5.75 Å². The molecule has 2 heterocycles. The van der Waals surface area contributed by atoms with Gasteiger partial charge in [-0.2, -0.15) is 0 Å². The summed E-state index contributed by atoms with van der Waals surface area (Å²) >= 11 is 0. The number of esters is 1. The Bertz CT molecular complexity index is 1580. The molecule has 1 saturated heterocycles. The molecule has 3 aromatic carbocycles. The summed E-state index contributed by atoms with van der Waals surface area (Å²) in [5.41, 5.74) is 1.12. The molecule has 3 aromatic rings. The Hall–Kier alpha value is -4.11. The van der Waals surface area contributed by atoms with Crippen molar-refractivity contribution in [1.29, 1.82) is 0 Å². The number of fused-ring (bicyclic) bond motifs is 2. The maximum absolute atomic E-state index is 14.5. The second kappa shape index (κ2) is 12.0. The van der Waals surface area contributed by atoms with Crippen molar-refractivity contribution in [2.45, 2.75) is 76.4 Å². The second-order valence-electron chi connectivity index (χ2n) is 13.7. The average Bonchev–Trinajstić information content (AvgIpc) is 3.43. The highest BCUT2D eigenvalue weighted by Crippen LogP contribution is 2.60. The van der Waals surface area contributed by atoms with Crippen molar-refractivity contribution in [2.24, 2.45) is 5.92 Å². The lowest BCUT2D eigenvalue weighted by Crippen LogP contribution is -2.56. The number of hydrogen-bond donors (Lipinski definition) is 1. The van der Waals surface area contributed by atoms with Crippen LogP contribution in [0.4, 0.5) is 10.5 Å². The van der Waals surface area contributed by atoms with Crippen molar-refractivity contribution in [3.63, 3.8) is 0 Å². The summed E-state index contributed by atoms with van der Waals surface area (Å²) in [5.74, 6) is -0.351. The van der Waals surface area contributed by atoms with E-state index in [2.05, 4.69) is 49.6 Å². The molecule has 5 rings (SSSR count). The van der Waals surface area contributed by atoms with Crippen molar-refractivity contribution in [2.75, 3.05) is 19.5 Å². The van der Waals surface area contributed by atoms with Crippen molar-refractivity contribution >= 4 is 36.9 Å². The van der Waals surface area contributed by atoms with Crippen molar-refractivity contribution in [1.82, 2.24) is 4.90 Å². The normalized spacial score (nSPS) is 22.6. The Labute approximate surface area is 267 Å². The Morgan fingerprint density at radius 2 is 1.62 bits per heavy atom. The van der Waals surface area contributed by atoms with Crippen LogP contribution in [0, 0.1) is 5.92 Å². The maximum atomic E-state index is 14.5. The van der Waals surface area contributed by atoms with E-state index in [1.54, 1.807) is 32.8 Å². The van der Waals surface area contributed by atoms with Crippen LogP contribution >= 0.6 is 0 Å². The minimum atomic E-state index is -2.55. The molecule has 9 heteroatoms. The lowest BCUT2D eigenvalue weighted by atomic mass is 9.79. The fraction of sp³-hybridized carbons (Fsp3) is 0.417. The number of carbonyl (C=O) groups is 3. The lowest BCUT2D eigenvalue weighted by Gasteiger charge is -2.39. The standard InChI is InChI=1S/C36H44N2O6Si/c1-23-32(45(7,8)27-17-15-26(42-5)16-18-27)30(22-31(39)43-6)38(34(41)44-35(2,3)4)36(23)28-21-25(14-19-29(28)37-33(36)40)20-24-12-10-9-11-13-24/h9-19,21,23,30,32H,20,22H2,1-8H3,(H,37,40)/t23-,30+,32-,36+/m1/s1. The monoisotopic (exact) mass is 628 g/mol. The highest BCUT2D eigenvalue weighted by Gasteiger charge is 2.69. The van der Waals surface area contributed by atoms with E-state index in [0.29, 0.717) is 12.1 Å². The number of methoxy groups -OCH3 is 2. The van der Waals surface area contributed by atoms with Gasteiger partial charge in [-0.15, -0.1) is 0 Å². The molecule has 1 N–H and O–H groups in total. The Morgan fingerprint density at radius 3 is 2.22 bits per heavy atom. The molecular weight excluding hydrogens is 584 g/mol. The zero-order chi connectivity index (χ0) is 32.7. The van der Waals surface area contributed by atoms with Gasteiger partial charge in [0.1, 0.15) is 11.4 Å². The van der Waals surface area contributed by atoms with E-state index in [1.807, 2.05) is 48.5 Å². The Kier molecular flexibility index (Phi) is 8.61. The summed E-state index contributed by atoms with van der Waals surface area (Å²) in [5, 5.41) is 4.24. The first-order valence-corrected chi connectivity index (χ1v) is 18.5. The fourth-order valence-electron chi connectivity index (χ4n) is 7.60. The molecule has 4 atom stereocenters. The van der Waals surface area contributed by atoms with E-state index in [0.717, 1.165) is 27.6 Å². The third-order valence-electron chi connectivity index (χ3n) is 9.52. The number of nitrogens with one attached hydrogen (secondary N) is 1. The van der Waals surface area contributed by atoms with Crippen LogP contribution in [0.2, 0.25) is 18.6 Å². The van der Waals surface area contributed by atoms with Crippen LogP contribution in [-0.4, -0.2) is 56.8 Å². The van der Waals surface area contributed by atoms with Crippen LogP contribution < -0.4 is 15.2 Å². The Morgan fingerprint density at radius 1 is 0.956 bits per heavy atom. The molecule has 45 heavy (non-hydrogen) atoms. The number of likely N-dealkylation sites (tertiary alicyclic amines) is 1. The summed E-state index contributed by atoms with van der Waals surface area (Å²) < 4.78 is 16.7. The highest BCUT2D eigenvalue weighted by molar-refractivity contribution is 6.91. The van der Waals surface area contributed by atoms with Gasteiger partial charge in [-0.3, -0.25) is 14.5 Å². The Balaban J connectivity index is 1.73. The molecule has 2 amide bonds. The second-order valence-corrected chi connectivity index (χ2v) is 18.4. The average molecular weight is 629 g/mol. The minimum absolute atomic E-state index is 0.0641. The SMILES string of the molecule is COC(=O)C[C@H]1[C@H]([Si](C)(C)c2ccc(OC)cc2)[C@@H](C)[C@]2(C(=O)Nc3ccc(Cc4ccccc4)cc32)N1C(=O)OC(C)(C)C. The summed E-state index contributed by atoms with van der Waals surface area (Å²) in [6.07, 6.45) is -0.0205. The molecule has 0 aromatic heterocycles. The lowest BCUT2D eigenvalue weighted by molar-refractivity contribution is -0.142. The molecule has 2 aliphatic heterocycles. The van der Waals surface area contributed by atoms with Gasteiger partial charge in [0.2, 0.25) is 0 Å². The zero-order valence-electron chi connectivity index (χ0n) is 27.5. The zero-order valence-corrected chi connectivity index (χ0v) is 28.5. The molecule has 1 spiro atoms. The number of amides is 2. The van der Waals surface area contributed by atoms with E-state index in [4.69, 9.17) is 14.2 Å². The first-order valence-electron chi connectivity index (χ1n) is 15.5. The molecule has 0 unspecified atom stereocenters.